The lowest BCUT2D eigenvalue weighted by Gasteiger charge is -2.35. The van der Waals surface area contributed by atoms with Gasteiger partial charge in [0.1, 0.15) is 21.3 Å². The molecule has 4 aliphatic rings. The summed E-state index contributed by atoms with van der Waals surface area (Å²) in [7, 11) is -3.45. The van der Waals surface area contributed by atoms with Gasteiger partial charge in [0.05, 0.1) is 50.0 Å². The summed E-state index contributed by atoms with van der Waals surface area (Å²) in [5.74, 6) is 0. The molecule has 4 aromatic carbocycles. The molecular formula is C44H46P2+2. The van der Waals surface area contributed by atoms with Crippen molar-refractivity contribution >= 4 is 36.3 Å². The fourth-order valence-corrected chi connectivity index (χ4v) is 22.9. The van der Waals surface area contributed by atoms with Crippen molar-refractivity contribution in [1.29, 1.82) is 0 Å². The first-order valence-corrected chi connectivity index (χ1v) is 21.5. The van der Waals surface area contributed by atoms with Crippen LogP contribution in [0.25, 0.3) is 21.8 Å². The quantitative estimate of drug-likeness (QED) is 0.177. The molecule has 8 rings (SSSR count). The number of allylic oxidation sites excluding steroid dienone is 6. The third-order valence-corrected chi connectivity index (χ3v) is 22.5. The molecule has 0 saturated carbocycles. The van der Waals surface area contributed by atoms with Crippen LogP contribution in [0.5, 0.6) is 0 Å². The van der Waals surface area contributed by atoms with Gasteiger partial charge in [-0.1, -0.05) is 121 Å². The molecule has 2 heteroatoms. The van der Waals surface area contributed by atoms with E-state index < -0.39 is 14.5 Å². The molecule has 4 atom stereocenters. The predicted octanol–water partition coefficient (Wildman–Crippen LogP) is 12.8. The van der Waals surface area contributed by atoms with Crippen LogP contribution >= 0.6 is 14.5 Å². The summed E-state index contributed by atoms with van der Waals surface area (Å²) in [6.07, 6.45) is 5.00. The third-order valence-electron chi connectivity index (χ3n) is 12.4. The lowest BCUT2D eigenvalue weighted by molar-refractivity contribution is 0.623. The zero-order valence-corrected chi connectivity index (χ0v) is 30.1. The van der Waals surface area contributed by atoms with E-state index in [1.165, 1.54) is 46.9 Å². The van der Waals surface area contributed by atoms with Gasteiger partial charge in [-0.15, -0.1) is 0 Å². The van der Waals surface area contributed by atoms with E-state index in [0.717, 1.165) is 0 Å². The molecule has 4 aliphatic heterocycles. The Hall–Kier alpha value is -3.30. The Morgan fingerprint density at radius 2 is 0.717 bits per heavy atom. The van der Waals surface area contributed by atoms with E-state index in [1.807, 2.05) is 10.6 Å². The van der Waals surface area contributed by atoms with Gasteiger partial charge in [0, 0.05) is 22.3 Å². The second-order valence-corrected chi connectivity index (χ2v) is 22.0. The normalized spacial score (nSPS) is 30.0. The number of hydrogen-bond donors (Lipinski definition) is 0. The molecule has 0 saturated heterocycles. The lowest BCUT2D eigenvalue weighted by Crippen LogP contribution is -2.20. The maximum atomic E-state index is 2.60. The zero-order chi connectivity index (χ0) is 31.9. The third kappa shape index (κ3) is 3.76. The molecule has 0 radical (unpaired) electrons. The molecule has 0 spiro atoms. The molecule has 2 unspecified atom stereocenters. The highest BCUT2D eigenvalue weighted by atomic mass is 31.2. The van der Waals surface area contributed by atoms with E-state index in [0.29, 0.717) is 0 Å². The van der Waals surface area contributed by atoms with E-state index in [2.05, 4.69) is 163 Å². The van der Waals surface area contributed by atoms with Crippen LogP contribution in [-0.4, -0.2) is 24.6 Å². The van der Waals surface area contributed by atoms with E-state index >= 15 is 0 Å². The maximum Gasteiger partial charge on any atom is 0.141 e. The van der Waals surface area contributed by atoms with E-state index in [-0.39, 0.29) is 10.8 Å². The average Bonchev–Trinajstić information content (AvgIpc) is 3.71. The van der Waals surface area contributed by atoms with Crippen molar-refractivity contribution in [2.45, 2.75) is 41.5 Å². The molecule has 0 aliphatic carbocycles. The van der Waals surface area contributed by atoms with Crippen LogP contribution < -0.4 is 0 Å². The summed E-state index contributed by atoms with van der Waals surface area (Å²) in [6, 6.07) is 45.8. The van der Waals surface area contributed by atoms with Crippen molar-refractivity contribution in [1.82, 2.24) is 0 Å². The van der Waals surface area contributed by atoms with Crippen LogP contribution in [0, 0.1) is 10.8 Å². The molecule has 46 heavy (non-hydrogen) atoms. The van der Waals surface area contributed by atoms with Crippen molar-refractivity contribution < 1.29 is 0 Å². The Morgan fingerprint density at radius 3 is 1.00 bits per heavy atom. The van der Waals surface area contributed by atoms with Crippen molar-refractivity contribution in [2.24, 2.45) is 10.8 Å². The molecule has 230 valence electrons. The first kappa shape index (κ1) is 30.1. The second-order valence-electron chi connectivity index (χ2n) is 14.4. The van der Waals surface area contributed by atoms with E-state index in [9.17, 15) is 0 Å². The minimum absolute atomic E-state index is 0.0411. The highest BCUT2D eigenvalue weighted by Crippen LogP contribution is 2.98. The fraction of sp³-hybridized carbons (Fsp3) is 0.273. The molecular weight excluding hydrogens is 590 g/mol. The summed E-state index contributed by atoms with van der Waals surface area (Å²) < 4.78 is 0. The summed E-state index contributed by atoms with van der Waals surface area (Å²) >= 11 is 0. The number of rotatable bonds is 7. The minimum Gasteiger partial charge on any atom is -0.0622 e. The fourth-order valence-electron chi connectivity index (χ4n) is 10.2. The van der Waals surface area contributed by atoms with Crippen molar-refractivity contribution in [3.63, 3.8) is 0 Å². The average molecular weight is 637 g/mol. The van der Waals surface area contributed by atoms with Crippen molar-refractivity contribution in [2.75, 3.05) is 24.6 Å². The minimum atomic E-state index is -1.73. The van der Waals surface area contributed by atoms with E-state index in [1.54, 1.807) is 32.9 Å². The molecule has 0 amide bonds. The first-order chi connectivity index (χ1) is 22.3. The second kappa shape index (κ2) is 10.6. The van der Waals surface area contributed by atoms with Crippen LogP contribution in [0.4, 0.5) is 0 Å². The number of hydrogen-bond acceptors (Lipinski definition) is 0. The predicted molar refractivity (Wildman–Crippen MR) is 206 cm³/mol. The van der Waals surface area contributed by atoms with E-state index in [4.69, 9.17) is 0 Å². The highest BCUT2D eigenvalue weighted by molar-refractivity contribution is 7.95. The summed E-state index contributed by atoms with van der Waals surface area (Å²) in [6.45, 7) is 15.3. The largest absolute Gasteiger partial charge is 0.141 e. The van der Waals surface area contributed by atoms with Gasteiger partial charge in [0.2, 0.25) is 0 Å². The number of benzene rings is 4. The molecule has 4 bridgehead atoms. The summed E-state index contributed by atoms with van der Waals surface area (Å²) in [5, 5.41) is 7.05. The molecule has 0 N–H and O–H groups in total. The Morgan fingerprint density at radius 1 is 0.435 bits per heavy atom. The van der Waals surface area contributed by atoms with Crippen LogP contribution in [-0.2, 0) is 0 Å². The van der Waals surface area contributed by atoms with Gasteiger partial charge in [0.25, 0.3) is 0 Å². The van der Waals surface area contributed by atoms with Crippen LogP contribution in [0.3, 0.4) is 0 Å². The number of fused-ring (bicyclic) bond motifs is 4. The Balaban J connectivity index is 1.44. The lowest BCUT2D eigenvalue weighted by atomic mass is 9.72. The highest BCUT2D eigenvalue weighted by Gasteiger charge is 2.75. The van der Waals surface area contributed by atoms with Gasteiger partial charge < -0.3 is 0 Å². The van der Waals surface area contributed by atoms with Gasteiger partial charge in [-0.25, -0.2) is 0 Å². The van der Waals surface area contributed by atoms with Crippen molar-refractivity contribution in [3.05, 3.63) is 165 Å². The zero-order valence-electron chi connectivity index (χ0n) is 28.3. The molecule has 4 aromatic rings. The maximum absolute atomic E-state index is 2.60. The molecule has 0 nitrogen and oxygen atoms in total. The Labute approximate surface area is 277 Å². The molecule has 4 heterocycles. The topological polar surface area (TPSA) is 0 Å². The molecule has 0 fully saturated rings. The van der Waals surface area contributed by atoms with Gasteiger partial charge in [-0.3, -0.25) is 0 Å². The van der Waals surface area contributed by atoms with Gasteiger partial charge in [-0.05, 0) is 63.8 Å². The van der Waals surface area contributed by atoms with Crippen LogP contribution in [0.1, 0.15) is 63.8 Å². The van der Waals surface area contributed by atoms with Gasteiger partial charge in [-0.2, -0.15) is 0 Å². The first-order valence-electron chi connectivity index (χ1n) is 17.2. The van der Waals surface area contributed by atoms with Crippen LogP contribution in [0.2, 0.25) is 0 Å². The smallest absolute Gasteiger partial charge is 0.0622 e. The monoisotopic (exact) mass is 636 g/mol. The van der Waals surface area contributed by atoms with Gasteiger partial charge >= 0.3 is 0 Å². The Bertz CT molecular complexity index is 1840. The van der Waals surface area contributed by atoms with Gasteiger partial charge in [0.15, 0.2) is 0 Å². The van der Waals surface area contributed by atoms with Crippen molar-refractivity contribution in [3.8, 4) is 0 Å². The van der Waals surface area contributed by atoms with Crippen LogP contribution in [0.15, 0.2) is 143 Å². The summed E-state index contributed by atoms with van der Waals surface area (Å²) in [5.41, 5.74) is 12.4. The summed E-state index contributed by atoms with van der Waals surface area (Å²) in [4.78, 5) is 0. The Kier molecular flexibility index (Phi) is 6.93. The molecule has 0 aromatic heterocycles. The SMILES string of the molecule is CC[P+]12C[C@@](C)(C(C)=C1C1=C(C)[C@]3(C)C[P+]1(CC)C(c1ccccc1)=C3c1ccccc1)C(c1ccccc1)=C2c1ccccc1. The standard InChI is InChI=1S/C44H46P2/c1-7-45-29-43(5,37(33-21-13-9-14-22-33)41(45)35-25-17-11-18-26-35)31(3)39(45)40-32(4)44(6)30-46(40,8-2)42(36-27-19-12-20-28-36)38(44)34-23-15-10-16-24-34/h9-28H,7-8,29-30H2,1-6H3/q+2/t43-,44-,45?,46?/m0/s1.